The molecule has 12 aromatic rings. The maximum atomic E-state index is 6.54. The minimum absolute atomic E-state index is 0.560. The Kier molecular flexibility index (Phi) is 6.83. The molecule has 0 aliphatic carbocycles. The lowest BCUT2D eigenvalue weighted by Gasteiger charge is -2.11. The fourth-order valence-electron chi connectivity index (χ4n) is 8.64. The van der Waals surface area contributed by atoms with Crippen LogP contribution in [0.25, 0.3) is 111 Å². The first-order valence-electron chi connectivity index (χ1n) is 19.1. The monoisotopic (exact) mass is 729 g/mol. The van der Waals surface area contributed by atoms with Crippen LogP contribution in [0.4, 0.5) is 0 Å². The molecular weight excluding hydrogens is 699 g/mol. The van der Waals surface area contributed by atoms with Gasteiger partial charge in [-0.15, -0.1) is 0 Å². The highest BCUT2D eigenvalue weighted by Gasteiger charge is 2.21. The van der Waals surface area contributed by atoms with E-state index in [1.54, 1.807) is 0 Å². The van der Waals surface area contributed by atoms with Gasteiger partial charge in [0.2, 0.25) is 5.95 Å². The summed E-state index contributed by atoms with van der Waals surface area (Å²) in [5.41, 5.74) is 11.2. The van der Waals surface area contributed by atoms with E-state index in [1.165, 1.54) is 21.8 Å². The fraction of sp³-hybridized carbons (Fsp3) is 0. The molecule has 266 valence electrons. The molecule has 8 aromatic carbocycles. The van der Waals surface area contributed by atoms with Gasteiger partial charge in [-0.3, -0.25) is 4.57 Å². The van der Waals surface area contributed by atoms with Crippen LogP contribution in [0.3, 0.4) is 0 Å². The Morgan fingerprint density at radius 2 is 0.912 bits per heavy atom. The Morgan fingerprint density at radius 1 is 0.351 bits per heavy atom. The van der Waals surface area contributed by atoms with Crippen LogP contribution in [0.15, 0.2) is 192 Å². The zero-order valence-electron chi connectivity index (χ0n) is 30.5. The molecule has 0 aliphatic rings. The molecule has 0 saturated carbocycles. The van der Waals surface area contributed by atoms with E-state index in [-0.39, 0.29) is 0 Å². The number of hydrogen-bond acceptors (Lipinski definition) is 4. The summed E-state index contributed by atoms with van der Waals surface area (Å²) in [6.07, 6.45) is 0. The van der Waals surface area contributed by atoms with Crippen LogP contribution < -0.4 is 0 Å². The van der Waals surface area contributed by atoms with Crippen molar-refractivity contribution in [2.45, 2.75) is 0 Å². The normalized spacial score (nSPS) is 11.9. The lowest BCUT2D eigenvalue weighted by molar-refractivity contribution is 0.669. The summed E-state index contributed by atoms with van der Waals surface area (Å²) in [5, 5.41) is 6.70. The molecule has 57 heavy (non-hydrogen) atoms. The van der Waals surface area contributed by atoms with E-state index in [0.29, 0.717) is 17.6 Å². The lowest BCUT2D eigenvalue weighted by Crippen LogP contribution is -2.06. The second-order valence-electron chi connectivity index (χ2n) is 14.4. The standard InChI is InChI=1S/C51H31N5O/c1-3-14-32(15-4-1)49-52-50(54-51(53-49)56-43-23-11-7-18-36(43)37-19-8-12-24-44(37)56)39-21-13-25-47-48(39)41-31-34(27-29-46(41)57-47)33-26-28-45-40(30-33)38-20-9-10-22-42(38)55(45)35-16-5-2-6-17-35/h1-31H. The molecule has 0 N–H and O–H groups in total. The van der Waals surface area contributed by atoms with Crippen molar-refractivity contribution in [1.82, 2.24) is 24.1 Å². The topological polar surface area (TPSA) is 61.7 Å². The minimum atomic E-state index is 0.560. The van der Waals surface area contributed by atoms with E-state index in [9.17, 15) is 0 Å². The van der Waals surface area contributed by atoms with E-state index >= 15 is 0 Å². The number of benzene rings is 8. The number of hydrogen-bond donors (Lipinski definition) is 0. The number of aromatic nitrogens is 5. The molecule has 0 unspecified atom stereocenters. The first kappa shape index (κ1) is 31.5. The van der Waals surface area contributed by atoms with E-state index < -0.39 is 0 Å². The van der Waals surface area contributed by atoms with Gasteiger partial charge < -0.3 is 8.98 Å². The van der Waals surface area contributed by atoms with E-state index in [1.807, 2.05) is 42.5 Å². The van der Waals surface area contributed by atoms with E-state index in [4.69, 9.17) is 19.4 Å². The smallest absolute Gasteiger partial charge is 0.238 e. The maximum Gasteiger partial charge on any atom is 0.238 e. The summed E-state index contributed by atoms with van der Waals surface area (Å²) in [4.78, 5) is 15.6. The summed E-state index contributed by atoms with van der Waals surface area (Å²) in [7, 11) is 0. The Bertz CT molecular complexity index is 3470. The van der Waals surface area contributed by atoms with Gasteiger partial charge in [0.15, 0.2) is 11.6 Å². The largest absolute Gasteiger partial charge is 0.456 e. The van der Waals surface area contributed by atoms with Gasteiger partial charge in [0.1, 0.15) is 11.2 Å². The highest BCUT2D eigenvalue weighted by molar-refractivity contribution is 6.14. The van der Waals surface area contributed by atoms with Gasteiger partial charge in [0.25, 0.3) is 0 Å². The molecule has 0 fully saturated rings. The number of furan rings is 1. The number of fused-ring (bicyclic) bond motifs is 9. The summed E-state index contributed by atoms with van der Waals surface area (Å²) < 4.78 is 11.0. The summed E-state index contributed by atoms with van der Waals surface area (Å²) in [6, 6.07) is 65.6. The number of nitrogens with zero attached hydrogens (tertiary/aromatic N) is 5. The molecule has 6 nitrogen and oxygen atoms in total. The third kappa shape index (κ3) is 4.87. The molecule has 4 aromatic heterocycles. The van der Waals surface area contributed by atoms with Gasteiger partial charge in [0, 0.05) is 49.1 Å². The van der Waals surface area contributed by atoms with E-state index in [2.05, 4.69) is 155 Å². The van der Waals surface area contributed by atoms with Crippen molar-refractivity contribution in [3.8, 4) is 45.5 Å². The van der Waals surface area contributed by atoms with Gasteiger partial charge in [-0.25, -0.2) is 4.98 Å². The summed E-state index contributed by atoms with van der Waals surface area (Å²) in [6.45, 7) is 0. The first-order valence-corrected chi connectivity index (χ1v) is 19.1. The van der Waals surface area contributed by atoms with Crippen LogP contribution >= 0.6 is 0 Å². The van der Waals surface area contributed by atoms with Crippen molar-refractivity contribution < 1.29 is 4.42 Å². The Morgan fingerprint density at radius 3 is 1.63 bits per heavy atom. The predicted molar refractivity (Wildman–Crippen MR) is 232 cm³/mol. The quantitative estimate of drug-likeness (QED) is 0.177. The van der Waals surface area contributed by atoms with Gasteiger partial charge in [0.05, 0.1) is 22.1 Å². The number of rotatable bonds is 5. The summed E-state index contributed by atoms with van der Waals surface area (Å²) >= 11 is 0. The van der Waals surface area contributed by atoms with E-state index in [0.717, 1.165) is 71.7 Å². The molecule has 0 spiro atoms. The average molecular weight is 730 g/mol. The molecule has 6 heteroatoms. The molecule has 12 rings (SSSR count). The molecule has 4 heterocycles. The van der Waals surface area contributed by atoms with Crippen LogP contribution in [0, 0.1) is 0 Å². The second-order valence-corrected chi connectivity index (χ2v) is 14.4. The molecule has 0 atom stereocenters. The third-order valence-corrected chi connectivity index (χ3v) is 11.2. The van der Waals surface area contributed by atoms with Crippen molar-refractivity contribution in [2.24, 2.45) is 0 Å². The molecule has 0 bridgehead atoms. The van der Waals surface area contributed by atoms with Gasteiger partial charge in [-0.2, -0.15) is 9.97 Å². The lowest BCUT2D eigenvalue weighted by atomic mass is 9.99. The van der Waals surface area contributed by atoms with Crippen LogP contribution in [-0.2, 0) is 0 Å². The van der Waals surface area contributed by atoms with Crippen LogP contribution in [0.1, 0.15) is 0 Å². The maximum absolute atomic E-state index is 6.54. The van der Waals surface area contributed by atoms with Crippen molar-refractivity contribution in [3.63, 3.8) is 0 Å². The molecule has 0 saturated heterocycles. The number of para-hydroxylation sites is 4. The highest BCUT2D eigenvalue weighted by Crippen LogP contribution is 2.40. The average Bonchev–Trinajstić information content (AvgIpc) is 3.94. The molecule has 0 amide bonds. The molecule has 0 aliphatic heterocycles. The third-order valence-electron chi connectivity index (χ3n) is 11.2. The zero-order chi connectivity index (χ0) is 37.5. The van der Waals surface area contributed by atoms with Crippen LogP contribution in [0.2, 0.25) is 0 Å². The zero-order valence-corrected chi connectivity index (χ0v) is 30.5. The van der Waals surface area contributed by atoms with Crippen molar-refractivity contribution >= 4 is 65.6 Å². The molecule has 0 radical (unpaired) electrons. The predicted octanol–water partition coefficient (Wildman–Crippen LogP) is 13.0. The van der Waals surface area contributed by atoms with Gasteiger partial charge in [-0.1, -0.05) is 127 Å². The SMILES string of the molecule is c1ccc(-c2nc(-c3cccc4oc5ccc(-c6ccc7c(c6)c6ccccc6n7-c6ccccc6)cc5c34)nc(-n3c4ccccc4c4ccccc43)n2)cc1. The van der Waals surface area contributed by atoms with Crippen LogP contribution in [-0.4, -0.2) is 24.1 Å². The second kappa shape index (κ2) is 12.3. The van der Waals surface area contributed by atoms with Crippen LogP contribution in [0.5, 0.6) is 0 Å². The Labute approximate surface area is 326 Å². The summed E-state index contributed by atoms with van der Waals surface area (Å²) in [5.74, 6) is 1.74. The minimum Gasteiger partial charge on any atom is -0.456 e. The highest BCUT2D eigenvalue weighted by atomic mass is 16.3. The van der Waals surface area contributed by atoms with Gasteiger partial charge in [-0.05, 0) is 71.8 Å². The van der Waals surface area contributed by atoms with Gasteiger partial charge >= 0.3 is 0 Å². The Balaban J connectivity index is 1.07. The van der Waals surface area contributed by atoms with Crippen molar-refractivity contribution in [3.05, 3.63) is 188 Å². The first-order chi connectivity index (χ1) is 28.3. The molecular formula is C51H31N5O. The van der Waals surface area contributed by atoms with Crippen molar-refractivity contribution in [2.75, 3.05) is 0 Å². The Hall–Kier alpha value is -7.83. The fourth-order valence-corrected chi connectivity index (χ4v) is 8.64. The van der Waals surface area contributed by atoms with Crippen molar-refractivity contribution in [1.29, 1.82) is 0 Å².